The van der Waals surface area contributed by atoms with E-state index in [-0.39, 0.29) is 12.1 Å². The molecule has 0 saturated carbocycles. The number of hydrogen-bond donors (Lipinski definition) is 3. The van der Waals surface area contributed by atoms with Crippen LogP contribution in [-0.2, 0) is 0 Å². The van der Waals surface area contributed by atoms with Gasteiger partial charge >= 0.3 is 0 Å². The fourth-order valence-electron chi connectivity index (χ4n) is 1.69. The number of nitrogens with one attached hydrogen (secondary N) is 1. The fourth-order valence-corrected chi connectivity index (χ4v) is 1.69. The van der Waals surface area contributed by atoms with E-state index in [1.165, 1.54) is 0 Å². The Hall–Kier alpha value is -1.82. The Balaban J connectivity index is 2.36. The molecule has 0 aliphatic heterocycles. The number of aliphatic hydroxyl groups excluding tert-OH is 1. The number of fused-ring (bicyclic) bond motifs is 1. The van der Waals surface area contributed by atoms with Crippen molar-refractivity contribution in [2.75, 3.05) is 17.7 Å². The first-order valence-electron chi connectivity index (χ1n) is 5.43. The Bertz CT molecular complexity index is 521. The number of hydrogen-bond acceptors (Lipinski definition) is 6. The van der Waals surface area contributed by atoms with E-state index in [2.05, 4.69) is 15.6 Å². The summed E-state index contributed by atoms with van der Waals surface area (Å²) in [6.45, 7) is 4.12. The van der Waals surface area contributed by atoms with E-state index in [0.29, 0.717) is 23.1 Å². The molecule has 0 aliphatic rings. The highest BCUT2D eigenvalue weighted by Gasteiger charge is 2.19. The Morgan fingerprint density at radius 2 is 2.06 bits per heavy atom. The van der Waals surface area contributed by atoms with Crippen molar-refractivity contribution in [1.82, 2.24) is 10.3 Å². The number of anilines is 2. The third-order valence-corrected chi connectivity index (χ3v) is 2.66. The van der Waals surface area contributed by atoms with E-state index in [1.807, 2.05) is 19.9 Å². The topological polar surface area (TPSA) is 97.2 Å². The first-order valence-corrected chi connectivity index (χ1v) is 5.43. The minimum Gasteiger partial charge on any atom is -0.397 e. The maximum atomic E-state index is 8.99. The summed E-state index contributed by atoms with van der Waals surface area (Å²) >= 11 is 0. The molecular weight excluding hydrogens is 220 g/mol. The van der Waals surface area contributed by atoms with Crippen molar-refractivity contribution in [3.05, 3.63) is 12.1 Å². The van der Waals surface area contributed by atoms with Gasteiger partial charge in [0.1, 0.15) is 0 Å². The van der Waals surface area contributed by atoms with Gasteiger partial charge in [0.05, 0.1) is 11.4 Å². The normalized spacial score (nSPS) is 11.9. The molecule has 0 radical (unpaired) electrons. The van der Waals surface area contributed by atoms with Crippen LogP contribution in [0.15, 0.2) is 16.8 Å². The van der Waals surface area contributed by atoms with Gasteiger partial charge in [0.15, 0.2) is 11.0 Å². The summed E-state index contributed by atoms with van der Waals surface area (Å²) in [5.41, 5.74) is 8.01. The Labute approximate surface area is 98.8 Å². The fraction of sp³-hybridized carbons (Fsp3) is 0.455. The average molecular weight is 236 g/mol. The van der Waals surface area contributed by atoms with E-state index in [9.17, 15) is 0 Å². The summed E-state index contributed by atoms with van der Waals surface area (Å²) in [5.74, 6) is 0. The molecule has 1 heterocycles. The molecule has 0 amide bonds. The van der Waals surface area contributed by atoms with Crippen molar-refractivity contribution in [2.45, 2.75) is 25.8 Å². The van der Waals surface area contributed by atoms with Gasteiger partial charge in [-0.15, -0.1) is 0 Å². The lowest BCUT2D eigenvalue weighted by molar-refractivity contribution is 0.261. The Kier molecular flexibility index (Phi) is 2.89. The van der Waals surface area contributed by atoms with E-state index in [1.54, 1.807) is 6.07 Å². The molecule has 2 aromatic rings. The largest absolute Gasteiger partial charge is 0.397 e. The highest BCUT2D eigenvalue weighted by Crippen LogP contribution is 2.28. The Morgan fingerprint density at radius 1 is 1.35 bits per heavy atom. The number of aromatic nitrogens is 2. The first kappa shape index (κ1) is 11.7. The van der Waals surface area contributed by atoms with Crippen molar-refractivity contribution in [1.29, 1.82) is 0 Å². The monoisotopic (exact) mass is 236 g/mol. The van der Waals surface area contributed by atoms with Gasteiger partial charge in [0.25, 0.3) is 0 Å². The average Bonchev–Trinajstić information content (AvgIpc) is 2.71. The number of rotatable bonds is 4. The van der Waals surface area contributed by atoms with Gasteiger partial charge in [0, 0.05) is 12.1 Å². The molecule has 1 aromatic heterocycles. The van der Waals surface area contributed by atoms with E-state index in [0.717, 1.165) is 5.69 Å². The zero-order chi connectivity index (χ0) is 12.5. The minimum absolute atomic E-state index is 0.120. The summed E-state index contributed by atoms with van der Waals surface area (Å²) in [6, 6.07) is 3.59. The van der Waals surface area contributed by atoms with Crippen molar-refractivity contribution in [3.63, 3.8) is 0 Å². The van der Waals surface area contributed by atoms with Crippen LogP contribution < -0.4 is 11.1 Å². The molecule has 2 rings (SSSR count). The van der Waals surface area contributed by atoms with Crippen molar-refractivity contribution >= 4 is 22.4 Å². The summed E-state index contributed by atoms with van der Waals surface area (Å²) < 4.78 is 4.69. The van der Waals surface area contributed by atoms with Crippen molar-refractivity contribution in [2.24, 2.45) is 0 Å². The second-order valence-electron chi connectivity index (χ2n) is 4.65. The summed E-state index contributed by atoms with van der Waals surface area (Å²) in [5, 5.41) is 19.9. The molecule has 0 atom stereocenters. The third-order valence-electron chi connectivity index (χ3n) is 2.66. The molecule has 4 N–H and O–H groups in total. The second kappa shape index (κ2) is 4.21. The van der Waals surface area contributed by atoms with Crippen LogP contribution in [-0.4, -0.2) is 27.6 Å². The molecule has 17 heavy (non-hydrogen) atoms. The summed E-state index contributed by atoms with van der Waals surface area (Å²) in [6.07, 6.45) is 0.629. The van der Waals surface area contributed by atoms with Crippen molar-refractivity contribution in [3.8, 4) is 0 Å². The van der Waals surface area contributed by atoms with E-state index >= 15 is 0 Å². The quantitative estimate of drug-likeness (QED) is 0.694. The molecule has 0 spiro atoms. The van der Waals surface area contributed by atoms with Crippen LogP contribution in [0, 0.1) is 0 Å². The zero-order valence-electron chi connectivity index (χ0n) is 9.90. The van der Waals surface area contributed by atoms with Gasteiger partial charge in [-0.3, -0.25) is 0 Å². The van der Waals surface area contributed by atoms with Gasteiger partial charge in [-0.25, -0.2) is 4.63 Å². The van der Waals surface area contributed by atoms with Gasteiger partial charge in [-0.05, 0) is 42.7 Å². The van der Waals surface area contributed by atoms with Crippen LogP contribution in [0.25, 0.3) is 11.0 Å². The van der Waals surface area contributed by atoms with E-state index in [4.69, 9.17) is 15.5 Å². The van der Waals surface area contributed by atoms with Crippen LogP contribution in [0.3, 0.4) is 0 Å². The number of benzene rings is 1. The Morgan fingerprint density at radius 3 is 2.76 bits per heavy atom. The maximum absolute atomic E-state index is 8.99. The lowest BCUT2D eigenvalue weighted by Gasteiger charge is -2.26. The van der Waals surface area contributed by atoms with Crippen LogP contribution in [0.4, 0.5) is 11.4 Å². The van der Waals surface area contributed by atoms with Crippen molar-refractivity contribution < 1.29 is 9.74 Å². The molecule has 0 unspecified atom stereocenters. The summed E-state index contributed by atoms with van der Waals surface area (Å²) in [4.78, 5) is 0. The van der Waals surface area contributed by atoms with Gasteiger partial charge in [-0.1, -0.05) is 0 Å². The lowest BCUT2D eigenvalue weighted by atomic mass is 10.0. The SMILES string of the molecule is CC(C)(CCO)Nc1ccc(N)c2nonc12. The number of nitrogens with zero attached hydrogens (tertiary/aromatic N) is 2. The van der Waals surface area contributed by atoms with Gasteiger partial charge in [-0.2, -0.15) is 0 Å². The van der Waals surface area contributed by atoms with Crippen LogP contribution in [0.5, 0.6) is 0 Å². The number of nitrogen functional groups attached to an aromatic ring is 1. The maximum Gasteiger partial charge on any atom is 0.160 e. The highest BCUT2D eigenvalue weighted by molar-refractivity contribution is 5.95. The predicted octanol–water partition coefficient (Wildman–Crippen LogP) is 1.38. The molecule has 1 aromatic carbocycles. The molecular formula is C11H16N4O2. The van der Waals surface area contributed by atoms with Crippen LogP contribution in [0.2, 0.25) is 0 Å². The minimum atomic E-state index is -0.239. The number of nitrogens with two attached hydrogens (primary N) is 1. The smallest absolute Gasteiger partial charge is 0.160 e. The first-order chi connectivity index (χ1) is 8.03. The van der Waals surface area contributed by atoms with E-state index < -0.39 is 0 Å². The third kappa shape index (κ3) is 2.31. The molecule has 6 heteroatoms. The lowest BCUT2D eigenvalue weighted by Crippen LogP contribution is -2.32. The molecule has 0 fully saturated rings. The molecule has 92 valence electrons. The standard InChI is InChI=1S/C11H16N4O2/c1-11(2,5-6-16)13-8-4-3-7(12)9-10(8)15-17-14-9/h3-4,13,16H,5-6,12H2,1-2H3. The highest BCUT2D eigenvalue weighted by atomic mass is 16.6. The van der Waals surface area contributed by atoms with Crippen LogP contribution >= 0.6 is 0 Å². The molecule has 0 bridgehead atoms. The zero-order valence-corrected chi connectivity index (χ0v) is 9.90. The number of aliphatic hydroxyl groups is 1. The van der Waals surface area contributed by atoms with Gasteiger partial charge in [0.2, 0.25) is 0 Å². The van der Waals surface area contributed by atoms with Gasteiger partial charge < -0.3 is 16.2 Å². The van der Waals surface area contributed by atoms with Crippen LogP contribution in [0.1, 0.15) is 20.3 Å². The molecule has 6 nitrogen and oxygen atoms in total. The summed E-state index contributed by atoms with van der Waals surface area (Å²) in [7, 11) is 0. The predicted molar refractivity (Wildman–Crippen MR) is 65.6 cm³/mol. The second-order valence-corrected chi connectivity index (χ2v) is 4.65. The molecule has 0 aliphatic carbocycles. The molecule has 0 saturated heterocycles.